The van der Waals surface area contributed by atoms with Crippen molar-refractivity contribution in [2.75, 3.05) is 18.1 Å². The summed E-state index contributed by atoms with van der Waals surface area (Å²) >= 11 is 1.36. The van der Waals surface area contributed by atoms with Gasteiger partial charge in [0.25, 0.3) is 0 Å². The van der Waals surface area contributed by atoms with E-state index in [0.717, 1.165) is 0 Å². The van der Waals surface area contributed by atoms with Gasteiger partial charge in [-0.05, 0) is 24.8 Å². The first-order valence-electron chi connectivity index (χ1n) is 6.53. The summed E-state index contributed by atoms with van der Waals surface area (Å²) in [5.74, 6) is -0.224. The van der Waals surface area contributed by atoms with Crippen LogP contribution in [0.5, 0.6) is 0 Å². The van der Waals surface area contributed by atoms with Gasteiger partial charge in [0, 0.05) is 0 Å². The molecule has 5 nitrogen and oxygen atoms in total. The molecule has 1 aromatic carbocycles. The molecule has 0 atom stereocenters. The Morgan fingerprint density at radius 3 is 2.76 bits per heavy atom. The third-order valence-electron chi connectivity index (χ3n) is 2.73. The molecule has 7 heteroatoms. The van der Waals surface area contributed by atoms with Crippen LogP contribution in [0.15, 0.2) is 29.3 Å². The number of nitrogens with zero attached hydrogens (tertiary/aromatic N) is 2. The first-order chi connectivity index (χ1) is 10.1. The molecule has 0 fully saturated rings. The van der Waals surface area contributed by atoms with Crippen molar-refractivity contribution >= 4 is 23.5 Å². The van der Waals surface area contributed by atoms with E-state index in [1.54, 1.807) is 25.1 Å². The van der Waals surface area contributed by atoms with Gasteiger partial charge in [-0.3, -0.25) is 0 Å². The molecule has 2 rings (SSSR count). The van der Waals surface area contributed by atoms with Crippen molar-refractivity contribution in [3.63, 3.8) is 0 Å². The Hall–Kier alpha value is -2.02. The number of carbonyl (C=O) groups is 1. The molecule has 0 spiro atoms. The number of benzene rings is 1. The fourth-order valence-corrected chi connectivity index (χ4v) is 2.60. The van der Waals surface area contributed by atoms with Gasteiger partial charge >= 0.3 is 5.97 Å². The summed E-state index contributed by atoms with van der Waals surface area (Å²) in [5.41, 5.74) is 6.37. The molecule has 0 aliphatic carbocycles. The van der Waals surface area contributed by atoms with Crippen LogP contribution in [0.25, 0.3) is 5.69 Å². The van der Waals surface area contributed by atoms with Gasteiger partial charge in [0.15, 0.2) is 0 Å². The van der Waals surface area contributed by atoms with Crippen LogP contribution in [-0.2, 0) is 4.74 Å². The van der Waals surface area contributed by atoms with Crippen molar-refractivity contribution in [3.05, 3.63) is 35.6 Å². The lowest BCUT2D eigenvalue weighted by Crippen LogP contribution is -2.10. The van der Waals surface area contributed by atoms with Gasteiger partial charge in [-0.2, -0.15) is 5.10 Å². The molecule has 21 heavy (non-hydrogen) atoms. The topological polar surface area (TPSA) is 70.1 Å². The lowest BCUT2D eigenvalue weighted by atomic mass is 10.3. The third kappa shape index (κ3) is 3.02. The second-order valence-electron chi connectivity index (χ2n) is 4.08. The van der Waals surface area contributed by atoms with Gasteiger partial charge in [-0.15, -0.1) is 11.8 Å². The summed E-state index contributed by atoms with van der Waals surface area (Å²) in [6, 6.07) is 6.11. The maximum absolute atomic E-state index is 13.9. The fourth-order valence-electron chi connectivity index (χ4n) is 1.85. The van der Waals surface area contributed by atoms with E-state index in [1.165, 1.54) is 22.5 Å². The minimum Gasteiger partial charge on any atom is -0.462 e. The van der Waals surface area contributed by atoms with Crippen LogP contribution in [0.2, 0.25) is 0 Å². The maximum atomic E-state index is 13.9. The Morgan fingerprint density at radius 2 is 2.14 bits per heavy atom. The van der Waals surface area contributed by atoms with E-state index in [2.05, 4.69) is 5.10 Å². The van der Waals surface area contributed by atoms with Crippen molar-refractivity contribution < 1.29 is 13.9 Å². The number of ether oxygens (including phenoxy) is 1. The lowest BCUT2D eigenvalue weighted by molar-refractivity contribution is 0.0523. The van der Waals surface area contributed by atoms with Crippen molar-refractivity contribution in [1.82, 2.24) is 9.78 Å². The van der Waals surface area contributed by atoms with Crippen molar-refractivity contribution in [3.8, 4) is 5.69 Å². The van der Waals surface area contributed by atoms with Crippen LogP contribution in [0.3, 0.4) is 0 Å². The highest BCUT2D eigenvalue weighted by atomic mass is 32.2. The van der Waals surface area contributed by atoms with Crippen molar-refractivity contribution in [2.45, 2.75) is 18.9 Å². The smallest absolute Gasteiger partial charge is 0.344 e. The molecule has 112 valence electrons. The monoisotopic (exact) mass is 309 g/mol. The van der Waals surface area contributed by atoms with Crippen LogP contribution in [0, 0.1) is 5.82 Å². The average Bonchev–Trinajstić information content (AvgIpc) is 2.77. The molecule has 1 heterocycles. The molecule has 1 aromatic heterocycles. The summed E-state index contributed by atoms with van der Waals surface area (Å²) in [7, 11) is 0. The van der Waals surface area contributed by atoms with Gasteiger partial charge in [0.1, 0.15) is 27.9 Å². The van der Waals surface area contributed by atoms with Crippen LogP contribution in [-0.4, -0.2) is 28.1 Å². The molecule has 0 bridgehead atoms. The van der Waals surface area contributed by atoms with E-state index >= 15 is 0 Å². The standard InChI is InChI=1S/C14H16FN3O2S/c1-3-20-14(19)11-12(16)18(17-13(11)21-4-2)10-8-6-5-7-9(10)15/h5-8H,3-4,16H2,1-2H3. The number of carbonyl (C=O) groups excluding carboxylic acids is 1. The zero-order chi connectivity index (χ0) is 15.4. The molecular formula is C14H16FN3O2S. The number of halogens is 1. The van der Waals surface area contributed by atoms with E-state index in [0.29, 0.717) is 10.8 Å². The molecule has 2 N–H and O–H groups in total. The van der Waals surface area contributed by atoms with Gasteiger partial charge in [-0.1, -0.05) is 19.1 Å². The number of esters is 1. The number of rotatable bonds is 5. The number of hydrogen-bond donors (Lipinski definition) is 1. The second kappa shape index (κ2) is 6.62. The minimum atomic E-state index is -0.548. The Balaban J connectivity index is 2.56. The Kier molecular flexibility index (Phi) is 4.85. The molecule has 0 saturated carbocycles. The summed E-state index contributed by atoms with van der Waals surface area (Å²) < 4.78 is 20.1. The Bertz CT molecular complexity index is 658. The predicted molar refractivity (Wildman–Crippen MR) is 80.3 cm³/mol. The molecular weight excluding hydrogens is 293 g/mol. The second-order valence-corrected chi connectivity index (χ2v) is 5.33. The highest BCUT2D eigenvalue weighted by Crippen LogP contribution is 2.29. The van der Waals surface area contributed by atoms with Gasteiger partial charge < -0.3 is 10.5 Å². The minimum absolute atomic E-state index is 0.0782. The number of thioether (sulfide) groups is 1. The third-order valence-corrected chi connectivity index (χ3v) is 3.58. The quantitative estimate of drug-likeness (QED) is 0.679. The highest BCUT2D eigenvalue weighted by molar-refractivity contribution is 7.99. The molecule has 0 saturated heterocycles. The molecule has 0 aliphatic rings. The maximum Gasteiger partial charge on any atom is 0.344 e. The average molecular weight is 309 g/mol. The predicted octanol–water partition coefficient (Wildman–Crippen LogP) is 2.88. The Labute approximate surface area is 126 Å². The lowest BCUT2D eigenvalue weighted by Gasteiger charge is -2.05. The molecule has 0 aliphatic heterocycles. The van der Waals surface area contributed by atoms with E-state index < -0.39 is 11.8 Å². The SMILES string of the molecule is CCOC(=O)c1c(SCC)nn(-c2ccccc2F)c1N. The van der Waals surface area contributed by atoms with Crippen LogP contribution in [0.4, 0.5) is 10.2 Å². The summed E-state index contributed by atoms with van der Waals surface area (Å²) in [4.78, 5) is 12.0. The first-order valence-corrected chi connectivity index (χ1v) is 7.52. The largest absolute Gasteiger partial charge is 0.462 e. The first kappa shape index (κ1) is 15.4. The van der Waals surface area contributed by atoms with Crippen LogP contribution < -0.4 is 5.73 Å². The molecule has 0 unspecified atom stereocenters. The number of para-hydroxylation sites is 1. The molecule has 0 radical (unpaired) electrons. The van der Waals surface area contributed by atoms with Crippen LogP contribution >= 0.6 is 11.8 Å². The summed E-state index contributed by atoms with van der Waals surface area (Å²) in [6.07, 6.45) is 0. The number of anilines is 1. The van der Waals surface area contributed by atoms with Crippen molar-refractivity contribution in [2.24, 2.45) is 0 Å². The zero-order valence-corrected chi connectivity index (χ0v) is 12.6. The summed E-state index contributed by atoms with van der Waals surface area (Å²) in [6.45, 7) is 3.87. The van der Waals surface area contributed by atoms with Crippen molar-refractivity contribution in [1.29, 1.82) is 0 Å². The van der Waals surface area contributed by atoms with E-state index in [9.17, 15) is 9.18 Å². The zero-order valence-electron chi connectivity index (χ0n) is 11.8. The fraction of sp³-hybridized carbons (Fsp3) is 0.286. The number of hydrogen-bond acceptors (Lipinski definition) is 5. The van der Waals surface area contributed by atoms with Gasteiger partial charge in [-0.25, -0.2) is 13.9 Å². The molecule has 2 aromatic rings. The van der Waals surface area contributed by atoms with Gasteiger partial charge in [0.2, 0.25) is 0 Å². The van der Waals surface area contributed by atoms with Gasteiger partial charge in [0.05, 0.1) is 6.61 Å². The highest BCUT2D eigenvalue weighted by Gasteiger charge is 2.24. The van der Waals surface area contributed by atoms with E-state index in [1.807, 2.05) is 6.92 Å². The van der Waals surface area contributed by atoms with E-state index in [-0.39, 0.29) is 23.7 Å². The van der Waals surface area contributed by atoms with E-state index in [4.69, 9.17) is 10.5 Å². The normalized spacial score (nSPS) is 10.6. The van der Waals surface area contributed by atoms with Crippen LogP contribution in [0.1, 0.15) is 24.2 Å². The number of nitrogen functional groups attached to an aromatic ring is 1. The number of nitrogens with two attached hydrogens (primary N) is 1. The number of aromatic nitrogens is 2. The summed E-state index contributed by atoms with van der Waals surface area (Å²) in [5, 5.41) is 4.69. The Morgan fingerprint density at radius 1 is 1.43 bits per heavy atom. The molecule has 0 amide bonds.